The third kappa shape index (κ3) is 4.69. The predicted octanol–water partition coefficient (Wildman–Crippen LogP) is -3.55. The molecule has 114 valence electrons. The maximum Gasteiger partial charge on any atom is 1.00 e. The summed E-state index contributed by atoms with van der Waals surface area (Å²) in [4.78, 5) is 11.3. The van der Waals surface area contributed by atoms with Gasteiger partial charge in [0.15, 0.2) is 0 Å². The Hall–Kier alpha value is -1.11. The Morgan fingerprint density at radius 2 is 1.68 bits per heavy atom. The smallest absolute Gasteiger partial charge is 0.744 e. The second-order valence-electron chi connectivity index (χ2n) is 4.17. The van der Waals surface area contributed by atoms with Gasteiger partial charge in [-0.25, -0.2) is 21.5 Å². The van der Waals surface area contributed by atoms with E-state index >= 15 is 0 Å². The zero-order valence-corrected chi connectivity index (χ0v) is 15.2. The first-order chi connectivity index (χ1) is 9.56. The van der Waals surface area contributed by atoms with Gasteiger partial charge in [-0.15, -0.1) is 0 Å². The molecule has 0 unspecified atom stereocenters. The average Bonchev–Trinajstić information content (AvgIpc) is 2.66. The average molecular weight is 355 g/mol. The van der Waals surface area contributed by atoms with Gasteiger partial charge in [-0.2, -0.15) is 0 Å². The Kier molecular flexibility index (Phi) is 5.65. The van der Waals surface area contributed by atoms with Crippen LogP contribution in [0, 0.1) is 0 Å². The first-order valence-corrected chi connectivity index (χ1v) is 8.72. The Morgan fingerprint density at radius 1 is 1.14 bits per heavy atom. The van der Waals surface area contributed by atoms with Crippen molar-refractivity contribution in [2.45, 2.75) is 4.90 Å². The minimum Gasteiger partial charge on any atom is -0.744 e. The molecule has 0 aliphatic rings. The van der Waals surface area contributed by atoms with E-state index in [0.717, 1.165) is 29.1 Å². The molecule has 9 nitrogen and oxygen atoms in total. The van der Waals surface area contributed by atoms with Gasteiger partial charge in [-0.1, -0.05) is 0 Å². The van der Waals surface area contributed by atoms with Crippen LogP contribution in [0.2, 0.25) is 0 Å². The normalized spacial score (nSPS) is 11.7. The van der Waals surface area contributed by atoms with E-state index < -0.39 is 30.6 Å². The largest absolute Gasteiger partial charge is 1.00 e. The molecule has 0 amide bonds. The summed E-state index contributed by atoms with van der Waals surface area (Å²) in [5, 5.41) is 2.50. The SMILES string of the molecule is CS(=O)(=O)Nc1cc(=O)n(-c2ccc(S(=O)(=O)[O-])cc2)[nH]1.[Na+]. The number of nitrogens with zero attached hydrogens (tertiary/aromatic N) is 1. The van der Waals surface area contributed by atoms with Gasteiger partial charge in [0.25, 0.3) is 5.56 Å². The van der Waals surface area contributed by atoms with E-state index in [1.165, 1.54) is 12.1 Å². The zero-order chi connectivity index (χ0) is 15.8. The van der Waals surface area contributed by atoms with Crippen molar-refractivity contribution in [1.29, 1.82) is 0 Å². The third-order valence-corrected chi connectivity index (χ3v) is 3.84. The summed E-state index contributed by atoms with van der Waals surface area (Å²) >= 11 is 0. The first kappa shape index (κ1) is 18.9. The maximum atomic E-state index is 11.7. The Bertz CT molecular complexity index is 928. The summed E-state index contributed by atoms with van der Waals surface area (Å²) in [5.74, 6) is -0.0389. The summed E-state index contributed by atoms with van der Waals surface area (Å²) < 4.78 is 57.6. The number of anilines is 1. The summed E-state index contributed by atoms with van der Waals surface area (Å²) in [7, 11) is -8.11. The summed E-state index contributed by atoms with van der Waals surface area (Å²) in [5.41, 5.74) is -0.312. The number of H-pyrrole nitrogens is 1. The molecule has 2 rings (SSSR count). The molecule has 0 saturated carbocycles. The van der Waals surface area contributed by atoms with Crippen molar-refractivity contribution in [1.82, 2.24) is 9.78 Å². The number of aromatic nitrogens is 2. The second kappa shape index (κ2) is 6.56. The van der Waals surface area contributed by atoms with E-state index in [-0.39, 0.29) is 41.1 Å². The fraction of sp³-hybridized carbons (Fsp3) is 0.100. The molecular formula is C10H10N3NaO6S2. The van der Waals surface area contributed by atoms with Crippen LogP contribution >= 0.6 is 0 Å². The third-order valence-electron chi connectivity index (χ3n) is 2.40. The molecule has 0 aliphatic carbocycles. The van der Waals surface area contributed by atoms with E-state index in [1.807, 2.05) is 0 Å². The van der Waals surface area contributed by atoms with Gasteiger partial charge >= 0.3 is 29.6 Å². The zero-order valence-electron chi connectivity index (χ0n) is 11.6. The van der Waals surface area contributed by atoms with Crippen LogP contribution in [0.4, 0.5) is 5.82 Å². The minimum absolute atomic E-state index is 0. The fourth-order valence-electron chi connectivity index (χ4n) is 1.60. The summed E-state index contributed by atoms with van der Waals surface area (Å²) in [6.45, 7) is 0. The van der Waals surface area contributed by atoms with Gasteiger partial charge in [0.1, 0.15) is 15.9 Å². The molecule has 0 aliphatic heterocycles. The van der Waals surface area contributed by atoms with Crippen LogP contribution in [0.1, 0.15) is 0 Å². The molecule has 2 aromatic rings. The van der Waals surface area contributed by atoms with Crippen molar-refractivity contribution in [3.8, 4) is 5.69 Å². The van der Waals surface area contributed by atoms with Gasteiger partial charge in [0, 0.05) is 6.07 Å². The first-order valence-electron chi connectivity index (χ1n) is 5.42. The monoisotopic (exact) mass is 355 g/mol. The molecule has 0 radical (unpaired) electrons. The molecule has 0 fully saturated rings. The van der Waals surface area contributed by atoms with E-state index in [4.69, 9.17) is 0 Å². The number of benzene rings is 1. The number of nitrogens with one attached hydrogen (secondary N) is 2. The molecule has 1 aromatic carbocycles. The Balaban J connectivity index is 0.00000242. The van der Waals surface area contributed by atoms with Gasteiger partial charge in [0.2, 0.25) is 10.0 Å². The molecular weight excluding hydrogens is 345 g/mol. The van der Waals surface area contributed by atoms with Crippen LogP contribution in [-0.4, -0.2) is 37.4 Å². The fourth-order valence-corrected chi connectivity index (χ4v) is 2.57. The Labute approximate surface area is 148 Å². The maximum absolute atomic E-state index is 11.7. The van der Waals surface area contributed by atoms with Crippen molar-refractivity contribution in [2.75, 3.05) is 11.0 Å². The van der Waals surface area contributed by atoms with E-state index in [9.17, 15) is 26.2 Å². The summed E-state index contributed by atoms with van der Waals surface area (Å²) in [6, 6.07) is 5.61. The van der Waals surface area contributed by atoms with E-state index in [2.05, 4.69) is 9.82 Å². The van der Waals surface area contributed by atoms with Gasteiger partial charge in [0.05, 0.1) is 16.8 Å². The molecule has 0 atom stereocenters. The van der Waals surface area contributed by atoms with Crippen LogP contribution in [-0.2, 0) is 20.1 Å². The molecule has 0 bridgehead atoms. The van der Waals surface area contributed by atoms with Crippen molar-refractivity contribution in [3.63, 3.8) is 0 Å². The number of sulfonamides is 1. The number of hydrogen-bond acceptors (Lipinski definition) is 6. The van der Waals surface area contributed by atoms with Crippen LogP contribution in [0.15, 0.2) is 40.0 Å². The van der Waals surface area contributed by atoms with E-state index in [0.29, 0.717) is 0 Å². The molecule has 0 spiro atoms. The molecule has 1 heterocycles. The molecule has 12 heteroatoms. The van der Waals surface area contributed by atoms with Crippen molar-refractivity contribution >= 4 is 26.0 Å². The minimum atomic E-state index is -4.57. The molecule has 1 aromatic heterocycles. The number of hydrogen-bond donors (Lipinski definition) is 2. The van der Waals surface area contributed by atoms with Crippen molar-refractivity contribution in [3.05, 3.63) is 40.7 Å². The molecule has 2 N–H and O–H groups in total. The van der Waals surface area contributed by atoms with Gasteiger partial charge in [-0.05, 0) is 24.3 Å². The Morgan fingerprint density at radius 3 is 2.14 bits per heavy atom. The quantitative estimate of drug-likeness (QED) is 0.430. The summed E-state index contributed by atoms with van der Waals surface area (Å²) in [6.07, 6.45) is 0.927. The topological polar surface area (TPSA) is 141 Å². The van der Waals surface area contributed by atoms with Crippen LogP contribution in [0.5, 0.6) is 0 Å². The van der Waals surface area contributed by atoms with Crippen LogP contribution < -0.4 is 39.8 Å². The van der Waals surface area contributed by atoms with Gasteiger partial charge in [-0.3, -0.25) is 14.6 Å². The molecule has 22 heavy (non-hydrogen) atoms. The number of rotatable bonds is 4. The standard InChI is InChI=1S/C10H11N3O6S2.Na/c1-20(15,16)12-9-6-10(14)13(11-9)7-2-4-8(5-3-7)21(17,18)19;/h2-6,11-12H,1H3,(H,17,18,19);/q;+1/p-1. The van der Waals surface area contributed by atoms with Crippen LogP contribution in [0.3, 0.4) is 0 Å². The predicted molar refractivity (Wildman–Crippen MR) is 72.8 cm³/mol. The van der Waals surface area contributed by atoms with Crippen molar-refractivity contribution in [2.24, 2.45) is 0 Å². The second-order valence-corrected chi connectivity index (χ2v) is 7.29. The molecule has 0 saturated heterocycles. The van der Waals surface area contributed by atoms with E-state index in [1.54, 1.807) is 0 Å². The van der Waals surface area contributed by atoms with Gasteiger partial charge < -0.3 is 4.55 Å². The number of aromatic amines is 1. The van der Waals surface area contributed by atoms with Crippen molar-refractivity contribution < 1.29 is 50.9 Å². The van der Waals surface area contributed by atoms with Crippen LogP contribution in [0.25, 0.3) is 5.69 Å².